The molecule has 0 atom stereocenters. The smallest absolute Gasteiger partial charge is 0.325 e. The van der Waals surface area contributed by atoms with Gasteiger partial charge in [-0.2, -0.15) is 0 Å². The molecule has 3 aromatic rings. The maximum atomic E-state index is 13.4. The fraction of sp³-hybridized carbons (Fsp3) is 0.136. The summed E-state index contributed by atoms with van der Waals surface area (Å²) >= 11 is 6.96. The van der Waals surface area contributed by atoms with E-state index in [9.17, 15) is 18.8 Å². The summed E-state index contributed by atoms with van der Waals surface area (Å²) in [5, 5.41) is 0.673. The van der Waals surface area contributed by atoms with E-state index < -0.39 is 29.5 Å². The maximum absolute atomic E-state index is 13.4. The van der Waals surface area contributed by atoms with Crippen molar-refractivity contribution in [2.24, 2.45) is 0 Å². The van der Waals surface area contributed by atoms with E-state index in [0.717, 1.165) is 38.7 Å². The molecule has 0 radical (unpaired) electrons. The number of hydrogen-bond donors (Lipinski definition) is 0. The summed E-state index contributed by atoms with van der Waals surface area (Å²) in [5.41, 5.74) is 2.37. The van der Waals surface area contributed by atoms with Crippen LogP contribution in [-0.4, -0.2) is 40.2 Å². The van der Waals surface area contributed by atoms with Crippen LogP contribution in [0.4, 0.5) is 9.18 Å². The Hall–Kier alpha value is -3.10. The normalized spacial score (nSPS) is 15.3. The van der Waals surface area contributed by atoms with Gasteiger partial charge in [-0.3, -0.25) is 19.3 Å². The number of rotatable bonds is 5. The largest absolute Gasteiger partial charge is 0.468 e. The first-order chi connectivity index (χ1) is 14.9. The first-order valence-corrected chi connectivity index (χ1v) is 10.4. The fourth-order valence-corrected chi connectivity index (χ4v) is 4.38. The van der Waals surface area contributed by atoms with Crippen LogP contribution in [-0.2, 0) is 20.9 Å². The predicted octanol–water partition coefficient (Wildman–Crippen LogP) is 4.69. The topological polar surface area (TPSA) is 68.6 Å². The van der Waals surface area contributed by atoms with Crippen molar-refractivity contribution >= 4 is 57.5 Å². The molecule has 0 unspecified atom stereocenters. The number of nitrogens with zero attached hydrogens (tertiary/aromatic N) is 2. The summed E-state index contributed by atoms with van der Waals surface area (Å²) in [4.78, 5) is 37.4. The molecule has 4 rings (SSSR count). The number of carbonyl (C=O) groups excluding carboxylic acids is 3. The summed E-state index contributed by atoms with van der Waals surface area (Å²) < 4.78 is 19.9. The minimum atomic E-state index is -0.670. The lowest BCUT2D eigenvalue weighted by atomic mass is 10.1. The molecule has 0 N–H and O–H groups in total. The standard InChI is InChI=1S/C22H16ClFN2O4S/c1-30-20(27)12-26-21(28)19(31-22(26)29)8-14-11-25(18-5-3-2-4-16(14)18)10-13-6-7-15(24)9-17(13)23/h2-9,11H,10,12H2,1H3/b19-8-. The number of halogens is 2. The van der Waals surface area contributed by atoms with Crippen molar-refractivity contribution < 1.29 is 23.5 Å². The van der Waals surface area contributed by atoms with Gasteiger partial charge in [0, 0.05) is 34.2 Å². The molecule has 2 amide bonds. The van der Waals surface area contributed by atoms with Crippen LogP contribution in [0.5, 0.6) is 0 Å². The molecule has 0 aliphatic carbocycles. The number of fused-ring (bicyclic) bond motifs is 1. The molecule has 0 bridgehead atoms. The maximum Gasteiger partial charge on any atom is 0.325 e. The van der Waals surface area contributed by atoms with E-state index in [1.54, 1.807) is 12.1 Å². The number of ether oxygens (including phenoxy) is 1. The highest BCUT2D eigenvalue weighted by atomic mass is 35.5. The van der Waals surface area contributed by atoms with Crippen LogP contribution >= 0.6 is 23.4 Å². The SMILES string of the molecule is COC(=O)CN1C(=O)S/C(=C\c2cn(Cc3ccc(F)cc3Cl)c3ccccc23)C1=O. The summed E-state index contributed by atoms with van der Waals surface area (Å²) in [6, 6.07) is 11.8. The monoisotopic (exact) mass is 458 g/mol. The van der Waals surface area contributed by atoms with Crippen molar-refractivity contribution in [2.75, 3.05) is 13.7 Å². The minimum Gasteiger partial charge on any atom is -0.468 e. The minimum absolute atomic E-state index is 0.219. The second kappa shape index (κ2) is 8.56. The molecule has 1 aromatic heterocycles. The van der Waals surface area contributed by atoms with E-state index in [1.807, 2.05) is 35.0 Å². The average Bonchev–Trinajstić information content (AvgIpc) is 3.22. The third-order valence-corrected chi connectivity index (χ3v) is 6.11. The molecule has 2 aromatic carbocycles. The number of thioether (sulfide) groups is 1. The van der Waals surface area contributed by atoms with E-state index in [-0.39, 0.29) is 4.91 Å². The molecule has 1 fully saturated rings. The zero-order chi connectivity index (χ0) is 22.1. The molecule has 6 nitrogen and oxygen atoms in total. The van der Waals surface area contributed by atoms with Gasteiger partial charge in [0.1, 0.15) is 12.4 Å². The Labute approximate surface area is 186 Å². The van der Waals surface area contributed by atoms with Gasteiger partial charge in [-0.15, -0.1) is 0 Å². The average molecular weight is 459 g/mol. The highest BCUT2D eigenvalue weighted by Gasteiger charge is 2.36. The van der Waals surface area contributed by atoms with Gasteiger partial charge >= 0.3 is 5.97 Å². The van der Waals surface area contributed by atoms with Gasteiger partial charge in [0.05, 0.1) is 12.0 Å². The van der Waals surface area contributed by atoms with Crippen LogP contribution in [0.1, 0.15) is 11.1 Å². The highest BCUT2D eigenvalue weighted by Crippen LogP contribution is 2.34. The molecule has 1 aliphatic rings. The third-order valence-electron chi connectivity index (χ3n) is 4.85. The zero-order valence-electron chi connectivity index (χ0n) is 16.3. The molecule has 1 aliphatic heterocycles. The quantitative estimate of drug-likeness (QED) is 0.410. The Bertz CT molecular complexity index is 1250. The van der Waals surface area contributed by atoms with Crippen LogP contribution in [0.15, 0.2) is 53.6 Å². The Balaban J connectivity index is 1.70. The zero-order valence-corrected chi connectivity index (χ0v) is 17.9. The van der Waals surface area contributed by atoms with E-state index >= 15 is 0 Å². The number of para-hydroxylation sites is 1. The molecule has 9 heteroatoms. The second-order valence-corrected chi connectivity index (χ2v) is 8.21. The summed E-state index contributed by atoms with van der Waals surface area (Å²) in [5.74, 6) is -1.62. The summed E-state index contributed by atoms with van der Waals surface area (Å²) in [6.45, 7) is -0.0272. The molecule has 158 valence electrons. The number of amides is 2. The van der Waals surface area contributed by atoms with Crippen molar-refractivity contribution in [3.63, 3.8) is 0 Å². The van der Waals surface area contributed by atoms with Crippen molar-refractivity contribution in [3.8, 4) is 0 Å². The van der Waals surface area contributed by atoms with Gasteiger partial charge < -0.3 is 9.30 Å². The van der Waals surface area contributed by atoms with Gasteiger partial charge in [-0.05, 0) is 41.6 Å². The van der Waals surface area contributed by atoms with Crippen LogP contribution in [0.2, 0.25) is 5.02 Å². The number of aromatic nitrogens is 1. The number of methoxy groups -OCH3 is 1. The van der Waals surface area contributed by atoms with Crippen molar-refractivity contribution in [3.05, 3.63) is 75.5 Å². The van der Waals surface area contributed by atoms with Gasteiger partial charge in [0.15, 0.2) is 0 Å². The predicted molar refractivity (Wildman–Crippen MR) is 117 cm³/mol. The molecule has 0 spiro atoms. The summed E-state index contributed by atoms with van der Waals surface area (Å²) in [7, 11) is 1.19. The van der Waals surface area contributed by atoms with Crippen molar-refractivity contribution in [1.29, 1.82) is 0 Å². The molecule has 31 heavy (non-hydrogen) atoms. The second-order valence-electron chi connectivity index (χ2n) is 6.81. The number of hydrogen-bond acceptors (Lipinski definition) is 5. The van der Waals surface area contributed by atoms with Crippen LogP contribution in [0.25, 0.3) is 17.0 Å². The van der Waals surface area contributed by atoms with Gasteiger partial charge in [0.25, 0.3) is 11.1 Å². The van der Waals surface area contributed by atoms with Crippen molar-refractivity contribution in [2.45, 2.75) is 6.54 Å². The van der Waals surface area contributed by atoms with Crippen LogP contribution in [0, 0.1) is 5.82 Å². The van der Waals surface area contributed by atoms with Crippen LogP contribution in [0.3, 0.4) is 0 Å². The lowest BCUT2D eigenvalue weighted by Crippen LogP contribution is -2.34. The lowest BCUT2D eigenvalue weighted by molar-refractivity contribution is -0.143. The van der Waals surface area contributed by atoms with Crippen molar-refractivity contribution in [1.82, 2.24) is 9.47 Å². The first-order valence-electron chi connectivity index (χ1n) is 9.21. The first kappa shape index (κ1) is 21.1. The Morgan fingerprint density at radius 2 is 2.00 bits per heavy atom. The lowest BCUT2D eigenvalue weighted by Gasteiger charge is -2.09. The Kier molecular flexibility index (Phi) is 5.84. The van der Waals surface area contributed by atoms with E-state index in [1.165, 1.54) is 19.2 Å². The Morgan fingerprint density at radius 3 is 2.74 bits per heavy atom. The number of imide groups is 1. The highest BCUT2D eigenvalue weighted by molar-refractivity contribution is 8.18. The van der Waals surface area contributed by atoms with E-state index in [0.29, 0.717) is 11.6 Å². The van der Waals surface area contributed by atoms with E-state index in [4.69, 9.17) is 11.6 Å². The Morgan fingerprint density at radius 1 is 1.23 bits per heavy atom. The molecular formula is C22H16ClFN2O4S. The molecular weight excluding hydrogens is 443 g/mol. The number of esters is 1. The third kappa shape index (κ3) is 4.22. The van der Waals surface area contributed by atoms with Gasteiger partial charge in [-0.1, -0.05) is 35.9 Å². The van der Waals surface area contributed by atoms with Gasteiger partial charge in [0.2, 0.25) is 0 Å². The molecule has 2 heterocycles. The number of carbonyl (C=O) groups is 3. The van der Waals surface area contributed by atoms with E-state index in [2.05, 4.69) is 4.74 Å². The van der Waals surface area contributed by atoms with Crippen LogP contribution < -0.4 is 0 Å². The molecule has 0 saturated carbocycles. The molecule has 1 saturated heterocycles. The van der Waals surface area contributed by atoms with Gasteiger partial charge in [-0.25, -0.2) is 4.39 Å². The fourth-order valence-electron chi connectivity index (χ4n) is 3.33. The number of benzene rings is 2. The summed E-state index contributed by atoms with van der Waals surface area (Å²) in [6.07, 6.45) is 3.48.